The molecule has 2 rings (SSSR count). The maximum atomic E-state index is 11.9. The van der Waals surface area contributed by atoms with Crippen LogP contribution in [0.4, 0.5) is 0 Å². The highest BCUT2D eigenvalue weighted by atomic mass is 79.9. The van der Waals surface area contributed by atoms with Gasteiger partial charge < -0.3 is 4.84 Å². The molecule has 1 aliphatic heterocycles. The summed E-state index contributed by atoms with van der Waals surface area (Å²) in [7, 11) is 0. The summed E-state index contributed by atoms with van der Waals surface area (Å²) in [5.41, 5.74) is 0.386. The predicted molar refractivity (Wildman–Crippen MR) is 64.1 cm³/mol. The molecule has 0 saturated carbocycles. The Morgan fingerprint density at radius 2 is 1.88 bits per heavy atom. The first kappa shape index (κ1) is 12.3. The van der Waals surface area contributed by atoms with E-state index < -0.39 is 17.8 Å². The molecule has 0 aliphatic carbocycles. The van der Waals surface area contributed by atoms with Crippen LogP contribution >= 0.6 is 31.9 Å². The molecule has 0 bridgehead atoms. The molecule has 0 N–H and O–H groups in total. The second-order valence-corrected chi connectivity index (χ2v) is 4.92. The van der Waals surface area contributed by atoms with E-state index in [-0.39, 0.29) is 11.1 Å². The molecule has 0 radical (unpaired) electrons. The Balaban J connectivity index is 2.53. The van der Waals surface area contributed by atoms with Gasteiger partial charge in [-0.2, -0.15) is 0 Å². The number of imide groups is 1. The lowest BCUT2D eigenvalue weighted by Crippen LogP contribution is -2.31. The zero-order valence-corrected chi connectivity index (χ0v) is 11.7. The molecule has 0 spiro atoms. The topological polar surface area (TPSA) is 63.7 Å². The summed E-state index contributed by atoms with van der Waals surface area (Å²) in [6, 6.07) is 3.12. The van der Waals surface area contributed by atoms with Crippen molar-refractivity contribution in [1.29, 1.82) is 0 Å². The van der Waals surface area contributed by atoms with Crippen LogP contribution in [0.15, 0.2) is 21.1 Å². The summed E-state index contributed by atoms with van der Waals surface area (Å²) in [4.78, 5) is 39.1. The van der Waals surface area contributed by atoms with Gasteiger partial charge in [0.2, 0.25) is 0 Å². The lowest BCUT2D eigenvalue weighted by Gasteiger charge is -2.10. The number of hydroxylamine groups is 2. The van der Waals surface area contributed by atoms with Crippen LogP contribution in [0.5, 0.6) is 0 Å². The molecular weight excluding hydrogens is 358 g/mol. The van der Waals surface area contributed by atoms with Crippen molar-refractivity contribution in [1.82, 2.24) is 5.06 Å². The van der Waals surface area contributed by atoms with Gasteiger partial charge >= 0.3 is 5.97 Å². The molecule has 0 saturated heterocycles. The Bertz CT molecular complexity index is 555. The third-order valence-corrected chi connectivity index (χ3v) is 4.14. The Hall–Kier alpha value is -1.21. The van der Waals surface area contributed by atoms with Gasteiger partial charge in [-0.15, -0.1) is 0 Å². The van der Waals surface area contributed by atoms with Crippen LogP contribution < -0.4 is 0 Å². The van der Waals surface area contributed by atoms with Crippen LogP contribution in [0.1, 0.15) is 27.6 Å². The molecule has 0 fully saturated rings. The summed E-state index contributed by atoms with van der Waals surface area (Å²) < 4.78 is 1.10. The zero-order chi connectivity index (χ0) is 12.7. The number of hydrogen-bond donors (Lipinski definition) is 0. The molecule has 1 aromatic rings. The third-order valence-electron chi connectivity index (χ3n) is 2.13. The molecule has 0 aromatic heterocycles. The first-order chi connectivity index (χ1) is 7.93. The number of fused-ring (bicyclic) bond motifs is 1. The number of benzene rings is 1. The minimum Gasteiger partial charge on any atom is -0.330 e. The van der Waals surface area contributed by atoms with Crippen LogP contribution in [-0.2, 0) is 9.63 Å². The van der Waals surface area contributed by atoms with E-state index in [1.807, 2.05) is 0 Å². The van der Waals surface area contributed by atoms with Gasteiger partial charge in [0.25, 0.3) is 11.8 Å². The average Bonchev–Trinajstić information content (AvgIpc) is 2.48. The van der Waals surface area contributed by atoms with Crippen molar-refractivity contribution >= 4 is 49.6 Å². The van der Waals surface area contributed by atoms with E-state index in [0.717, 1.165) is 6.92 Å². The number of carbonyl (C=O) groups excluding carboxylic acids is 3. The SMILES string of the molecule is CC(=O)ON1C(=O)c2ccc(Br)c(Br)c2C1=O. The monoisotopic (exact) mass is 361 g/mol. The lowest BCUT2D eigenvalue weighted by molar-refractivity contribution is -0.165. The van der Waals surface area contributed by atoms with Gasteiger partial charge in [-0.1, -0.05) is 5.06 Å². The molecule has 1 heterocycles. The normalized spacial score (nSPS) is 13.9. The van der Waals surface area contributed by atoms with Gasteiger partial charge in [-0.25, -0.2) is 4.79 Å². The van der Waals surface area contributed by atoms with E-state index in [1.165, 1.54) is 6.07 Å². The lowest BCUT2D eigenvalue weighted by atomic mass is 10.1. The fourth-order valence-electron chi connectivity index (χ4n) is 1.45. The van der Waals surface area contributed by atoms with Crippen molar-refractivity contribution in [3.63, 3.8) is 0 Å². The van der Waals surface area contributed by atoms with Crippen molar-refractivity contribution in [3.05, 3.63) is 32.2 Å². The van der Waals surface area contributed by atoms with E-state index in [9.17, 15) is 14.4 Å². The summed E-state index contributed by atoms with van der Waals surface area (Å²) in [5.74, 6) is -2.03. The van der Waals surface area contributed by atoms with E-state index in [0.29, 0.717) is 14.0 Å². The summed E-state index contributed by atoms with van der Waals surface area (Å²) in [5, 5.41) is 0.462. The molecule has 7 heteroatoms. The Morgan fingerprint density at radius 3 is 2.47 bits per heavy atom. The quantitative estimate of drug-likeness (QED) is 0.719. The summed E-state index contributed by atoms with van der Waals surface area (Å²) in [6.07, 6.45) is 0. The molecule has 0 atom stereocenters. The van der Waals surface area contributed by atoms with Crippen LogP contribution in [0.2, 0.25) is 0 Å². The predicted octanol–water partition coefficient (Wildman–Crippen LogP) is 2.29. The summed E-state index contributed by atoms with van der Waals surface area (Å²) >= 11 is 6.44. The van der Waals surface area contributed by atoms with Gasteiger partial charge in [0.05, 0.1) is 11.1 Å². The van der Waals surface area contributed by atoms with E-state index in [4.69, 9.17) is 0 Å². The molecular formula is C10H5Br2NO4. The van der Waals surface area contributed by atoms with Crippen molar-refractivity contribution in [2.45, 2.75) is 6.92 Å². The minimum atomic E-state index is -0.727. The van der Waals surface area contributed by atoms with Crippen LogP contribution in [-0.4, -0.2) is 22.8 Å². The largest absolute Gasteiger partial charge is 0.330 e. The molecule has 1 aliphatic rings. The fraction of sp³-hybridized carbons (Fsp3) is 0.100. The van der Waals surface area contributed by atoms with Crippen molar-refractivity contribution in [2.75, 3.05) is 0 Å². The van der Waals surface area contributed by atoms with Crippen molar-refractivity contribution in [3.8, 4) is 0 Å². The van der Waals surface area contributed by atoms with E-state index in [2.05, 4.69) is 36.7 Å². The highest BCUT2D eigenvalue weighted by Crippen LogP contribution is 2.34. The van der Waals surface area contributed by atoms with Crippen molar-refractivity contribution in [2.24, 2.45) is 0 Å². The Labute approximate surface area is 113 Å². The summed E-state index contributed by atoms with van der Waals surface area (Å²) in [6.45, 7) is 1.12. The highest BCUT2D eigenvalue weighted by molar-refractivity contribution is 9.13. The standard InChI is InChI=1S/C10H5Br2NO4/c1-4(14)17-13-9(15)5-2-3-6(11)8(12)7(5)10(13)16/h2-3H,1H3. The van der Waals surface area contributed by atoms with Crippen LogP contribution in [0, 0.1) is 0 Å². The van der Waals surface area contributed by atoms with E-state index >= 15 is 0 Å². The third kappa shape index (κ3) is 1.89. The molecule has 5 nitrogen and oxygen atoms in total. The highest BCUT2D eigenvalue weighted by Gasteiger charge is 2.40. The van der Waals surface area contributed by atoms with Crippen LogP contribution in [0.3, 0.4) is 0 Å². The Morgan fingerprint density at radius 1 is 1.24 bits per heavy atom. The maximum absolute atomic E-state index is 11.9. The molecule has 0 unspecified atom stereocenters. The molecule has 1 aromatic carbocycles. The first-order valence-electron chi connectivity index (χ1n) is 4.48. The number of rotatable bonds is 1. The second-order valence-electron chi connectivity index (χ2n) is 3.27. The van der Waals surface area contributed by atoms with Gasteiger partial charge in [0, 0.05) is 15.9 Å². The number of carbonyl (C=O) groups is 3. The van der Waals surface area contributed by atoms with Gasteiger partial charge in [-0.05, 0) is 44.0 Å². The number of halogens is 2. The zero-order valence-electron chi connectivity index (χ0n) is 8.49. The van der Waals surface area contributed by atoms with Crippen LogP contribution in [0.25, 0.3) is 0 Å². The average molecular weight is 363 g/mol. The smallest absolute Gasteiger partial charge is 0.330 e. The second kappa shape index (κ2) is 4.23. The number of amides is 2. The first-order valence-corrected chi connectivity index (χ1v) is 6.07. The van der Waals surface area contributed by atoms with Gasteiger partial charge in [0.1, 0.15) is 0 Å². The number of hydrogen-bond acceptors (Lipinski definition) is 4. The Kier molecular flexibility index (Phi) is 3.05. The van der Waals surface area contributed by atoms with Gasteiger partial charge in [-0.3, -0.25) is 9.59 Å². The molecule has 17 heavy (non-hydrogen) atoms. The number of nitrogens with zero attached hydrogens (tertiary/aromatic N) is 1. The maximum Gasteiger partial charge on any atom is 0.330 e. The fourth-order valence-corrected chi connectivity index (χ4v) is 2.30. The van der Waals surface area contributed by atoms with Crippen molar-refractivity contribution < 1.29 is 19.2 Å². The molecule has 2 amide bonds. The van der Waals surface area contributed by atoms with Gasteiger partial charge in [0.15, 0.2) is 0 Å². The molecule has 88 valence electrons. The minimum absolute atomic E-state index is 0.186. The van der Waals surface area contributed by atoms with E-state index in [1.54, 1.807) is 6.07 Å².